The maximum atomic E-state index is 8.76. The number of hydrogen-bond donors (Lipinski definition) is 2. The van der Waals surface area contributed by atoms with Crippen LogP contribution in [0.4, 0.5) is 0 Å². The fourth-order valence-corrected chi connectivity index (χ4v) is 2.65. The van der Waals surface area contributed by atoms with E-state index in [1.807, 2.05) is 6.20 Å². The summed E-state index contributed by atoms with van der Waals surface area (Å²) in [5.41, 5.74) is 0.984. The van der Waals surface area contributed by atoms with Crippen molar-refractivity contribution in [3.05, 3.63) is 11.9 Å². The first kappa shape index (κ1) is 13.5. The number of aliphatic hydroxyl groups excluding tert-OH is 1. The van der Waals surface area contributed by atoms with E-state index in [0.717, 1.165) is 31.1 Å². The van der Waals surface area contributed by atoms with Crippen LogP contribution in [-0.2, 0) is 13.1 Å². The van der Waals surface area contributed by atoms with Crippen LogP contribution in [0.1, 0.15) is 44.7 Å². The molecule has 1 aromatic rings. The zero-order chi connectivity index (χ0) is 12.8. The van der Waals surface area contributed by atoms with Crippen LogP contribution < -0.4 is 5.32 Å². The first-order chi connectivity index (χ1) is 8.79. The van der Waals surface area contributed by atoms with Gasteiger partial charge in [0, 0.05) is 31.9 Å². The zero-order valence-electron chi connectivity index (χ0n) is 11.2. The van der Waals surface area contributed by atoms with E-state index in [-0.39, 0.29) is 6.61 Å². The van der Waals surface area contributed by atoms with Gasteiger partial charge in [-0.05, 0) is 32.1 Å². The van der Waals surface area contributed by atoms with Crippen molar-refractivity contribution in [1.29, 1.82) is 0 Å². The minimum atomic E-state index is 0.201. The minimum absolute atomic E-state index is 0.201. The molecule has 1 heterocycles. The number of aryl methyl sites for hydroxylation is 1. The van der Waals surface area contributed by atoms with Crippen LogP contribution in [0.2, 0.25) is 0 Å². The number of rotatable bonds is 7. The molecule has 0 saturated heterocycles. The zero-order valence-corrected chi connectivity index (χ0v) is 11.2. The molecule has 1 saturated carbocycles. The monoisotopic (exact) mass is 252 g/mol. The van der Waals surface area contributed by atoms with Gasteiger partial charge in [-0.15, -0.1) is 5.10 Å². The maximum absolute atomic E-state index is 8.76. The van der Waals surface area contributed by atoms with Crippen LogP contribution in [-0.4, -0.2) is 32.7 Å². The lowest BCUT2D eigenvalue weighted by molar-refractivity contribution is 0.276. The molecule has 1 aliphatic rings. The van der Waals surface area contributed by atoms with E-state index in [2.05, 4.69) is 22.6 Å². The Morgan fingerprint density at radius 3 is 3.00 bits per heavy atom. The summed E-state index contributed by atoms with van der Waals surface area (Å²) in [6.45, 7) is 4.00. The lowest BCUT2D eigenvalue weighted by Crippen LogP contribution is -2.31. The van der Waals surface area contributed by atoms with Crippen molar-refractivity contribution in [2.24, 2.45) is 5.92 Å². The van der Waals surface area contributed by atoms with E-state index >= 15 is 0 Å². The van der Waals surface area contributed by atoms with Gasteiger partial charge in [0.05, 0.1) is 5.69 Å². The second-order valence-corrected chi connectivity index (χ2v) is 5.26. The van der Waals surface area contributed by atoms with E-state index in [0.29, 0.717) is 6.04 Å². The number of nitrogens with zero attached hydrogens (tertiary/aromatic N) is 3. The Morgan fingerprint density at radius 2 is 2.28 bits per heavy atom. The molecule has 2 N–H and O–H groups in total. The largest absolute Gasteiger partial charge is 0.396 e. The predicted octanol–water partition coefficient (Wildman–Crippen LogP) is 1.33. The number of aromatic nitrogens is 3. The average Bonchev–Trinajstić information content (AvgIpc) is 3.04. The molecule has 0 radical (unpaired) electrons. The molecular weight excluding hydrogens is 228 g/mol. The molecule has 1 fully saturated rings. The highest BCUT2D eigenvalue weighted by atomic mass is 16.3. The van der Waals surface area contributed by atoms with E-state index in [1.165, 1.54) is 25.7 Å². The SMILES string of the molecule is C[C@H](NCc1cn(CCCO)nn1)C1CCCC1. The second-order valence-electron chi connectivity index (χ2n) is 5.26. The summed E-state index contributed by atoms with van der Waals surface area (Å²) in [5, 5.41) is 20.5. The third kappa shape index (κ3) is 3.78. The topological polar surface area (TPSA) is 63.0 Å². The molecule has 0 bridgehead atoms. The highest BCUT2D eigenvalue weighted by Crippen LogP contribution is 2.27. The van der Waals surface area contributed by atoms with Crippen molar-refractivity contribution in [3.8, 4) is 0 Å². The molecule has 5 nitrogen and oxygen atoms in total. The second kappa shape index (κ2) is 6.85. The van der Waals surface area contributed by atoms with Gasteiger partial charge in [-0.3, -0.25) is 4.68 Å². The van der Waals surface area contributed by atoms with E-state index in [4.69, 9.17) is 5.11 Å². The Hall–Kier alpha value is -0.940. The summed E-state index contributed by atoms with van der Waals surface area (Å²) < 4.78 is 1.80. The van der Waals surface area contributed by atoms with E-state index < -0.39 is 0 Å². The van der Waals surface area contributed by atoms with Gasteiger partial charge in [0.1, 0.15) is 0 Å². The molecule has 102 valence electrons. The molecule has 0 aromatic carbocycles. The van der Waals surface area contributed by atoms with Gasteiger partial charge in [-0.2, -0.15) is 0 Å². The molecule has 0 amide bonds. The summed E-state index contributed by atoms with van der Waals surface area (Å²) in [6, 6.07) is 0.565. The normalized spacial score (nSPS) is 18.3. The van der Waals surface area contributed by atoms with Gasteiger partial charge in [-0.1, -0.05) is 18.1 Å². The molecule has 18 heavy (non-hydrogen) atoms. The molecule has 1 aromatic heterocycles. The van der Waals surface area contributed by atoms with Crippen molar-refractivity contribution >= 4 is 0 Å². The van der Waals surface area contributed by atoms with Gasteiger partial charge in [0.25, 0.3) is 0 Å². The Balaban J connectivity index is 1.73. The quantitative estimate of drug-likeness (QED) is 0.768. The van der Waals surface area contributed by atoms with Crippen molar-refractivity contribution in [3.63, 3.8) is 0 Å². The standard InChI is InChI=1S/C13H24N4O/c1-11(12-5-2-3-6-12)14-9-13-10-17(16-15-13)7-4-8-18/h10-12,14,18H,2-9H2,1H3/t11-/m0/s1. The molecule has 2 rings (SSSR count). The summed E-state index contributed by atoms with van der Waals surface area (Å²) in [7, 11) is 0. The molecule has 0 unspecified atom stereocenters. The summed E-state index contributed by atoms with van der Waals surface area (Å²) >= 11 is 0. The third-order valence-corrected chi connectivity index (χ3v) is 3.84. The van der Waals surface area contributed by atoms with Gasteiger partial charge < -0.3 is 10.4 Å². The van der Waals surface area contributed by atoms with E-state index in [1.54, 1.807) is 4.68 Å². The number of nitrogens with one attached hydrogen (secondary N) is 1. The summed E-state index contributed by atoms with van der Waals surface area (Å²) in [5.74, 6) is 0.828. The van der Waals surface area contributed by atoms with Gasteiger partial charge >= 0.3 is 0 Å². The fourth-order valence-electron chi connectivity index (χ4n) is 2.65. The number of hydrogen-bond acceptors (Lipinski definition) is 4. The van der Waals surface area contributed by atoms with Crippen molar-refractivity contribution < 1.29 is 5.11 Å². The van der Waals surface area contributed by atoms with Crippen LogP contribution in [0, 0.1) is 5.92 Å². The fraction of sp³-hybridized carbons (Fsp3) is 0.846. The highest BCUT2D eigenvalue weighted by Gasteiger charge is 2.21. The van der Waals surface area contributed by atoms with Crippen molar-refractivity contribution in [2.45, 2.75) is 58.2 Å². The summed E-state index contributed by atoms with van der Waals surface area (Å²) in [4.78, 5) is 0. The first-order valence-electron chi connectivity index (χ1n) is 7.03. The molecule has 0 aliphatic heterocycles. The molecule has 0 spiro atoms. The minimum Gasteiger partial charge on any atom is -0.396 e. The Labute approximate surface area is 109 Å². The molecular formula is C13H24N4O. The average molecular weight is 252 g/mol. The Kier molecular flexibility index (Phi) is 5.13. The van der Waals surface area contributed by atoms with Crippen LogP contribution in [0.3, 0.4) is 0 Å². The Morgan fingerprint density at radius 1 is 1.50 bits per heavy atom. The highest BCUT2D eigenvalue weighted by molar-refractivity contribution is 4.92. The molecule has 1 aliphatic carbocycles. The van der Waals surface area contributed by atoms with Gasteiger partial charge in [0.15, 0.2) is 0 Å². The first-order valence-corrected chi connectivity index (χ1v) is 7.03. The van der Waals surface area contributed by atoms with Gasteiger partial charge in [-0.25, -0.2) is 0 Å². The van der Waals surface area contributed by atoms with Crippen LogP contribution in [0.25, 0.3) is 0 Å². The van der Waals surface area contributed by atoms with Crippen molar-refractivity contribution in [2.75, 3.05) is 6.61 Å². The van der Waals surface area contributed by atoms with Crippen LogP contribution >= 0.6 is 0 Å². The van der Waals surface area contributed by atoms with Crippen LogP contribution in [0.5, 0.6) is 0 Å². The van der Waals surface area contributed by atoms with Gasteiger partial charge in [0.2, 0.25) is 0 Å². The summed E-state index contributed by atoms with van der Waals surface area (Å²) in [6.07, 6.45) is 8.18. The molecule has 5 heteroatoms. The third-order valence-electron chi connectivity index (χ3n) is 3.84. The molecule has 1 atom stereocenters. The lowest BCUT2D eigenvalue weighted by atomic mass is 10.00. The maximum Gasteiger partial charge on any atom is 0.0964 e. The van der Waals surface area contributed by atoms with Crippen LogP contribution in [0.15, 0.2) is 6.20 Å². The van der Waals surface area contributed by atoms with E-state index in [9.17, 15) is 0 Å². The van der Waals surface area contributed by atoms with Crippen molar-refractivity contribution in [1.82, 2.24) is 20.3 Å². The lowest BCUT2D eigenvalue weighted by Gasteiger charge is -2.19. The smallest absolute Gasteiger partial charge is 0.0964 e. The Bertz CT molecular complexity index is 347. The predicted molar refractivity (Wildman–Crippen MR) is 70.0 cm³/mol. The number of aliphatic hydroxyl groups is 1.